The molecule has 1 fully saturated rings. The Hall–Kier alpha value is -2.63. The number of benzene rings is 1. The van der Waals surface area contributed by atoms with E-state index < -0.39 is 11.9 Å². The first-order valence-corrected chi connectivity index (χ1v) is 6.36. The molecule has 1 unspecified atom stereocenters. The summed E-state index contributed by atoms with van der Waals surface area (Å²) in [7, 11) is 0. The zero-order valence-corrected chi connectivity index (χ0v) is 10.6. The number of hydrogen-bond acceptors (Lipinski definition) is 3. The minimum Gasteiger partial charge on any atom is -0.351 e. The minimum absolute atomic E-state index is 0.239. The zero-order chi connectivity index (χ0) is 14.1. The van der Waals surface area contributed by atoms with Crippen LogP contribution in [0.3, 0.4) is 0 Å². The lowest BCUT2D eigenvalue weighted by molar-refractivity contribution is -0.134. The number of rotatable bonds is 2. The van der Waals surface area contributed by atoms with E-state index in [-0.39, 0.29) is 18.2 Å². The smallest absolute Gasteiger partial charge is 0.268 e. The van der Waals surface area contributed by atoms with Gasteiger partial charge in [-0.25, -0.2) is 0 Å². The van der Waals surface area contributed by atoms with Gasteiger partial charge in [-0.1, -0.05) is 18.2 Å². The Morgan fingerprint density at radius 3 is 2.80 bits per heavy atom. The summed E-state index contributed by atoms with van der Waals surface area (Å²) in [5, 5.41) is 5.77. The highest BCUT2D eigenvalue weighted by Crippen LogP contribution is 2.15. The number of hydrogen-bond donors (Lipinski definition) is 3. The van der Waals surface area contributed by atoms with E-state index in [1.165, 1.54) is 0 Å². The van der Waals surface area contributed by atoms with Gasteiger partial charge in [0, 0.05) is 17.3 Å². The molecule has 0 radical (unpaired) electrons. The van der Waals surface area contributed by atoms with Gasteiger partial charge >= 0.3 is 0 Å². The topological polar surface area (TPSA) is 91.1 Å². The summed E-state index contributed by atoms with van der Waals surface area (Å²) in [6.07, 6.45) is 0.569. The van der Waals surface area contributed by atoms with E-state index in [0.29, 0.717) is 12.1 Å². The maximum absolute atomic E-state index is 12.1. The van der Waals surface area contributed by atoms with E-state index in [1.807, 2.05) is 24.3 Å². The maximum Gasteiger partial charge on any atom is 0.268 e. The Morgan fingerprint density at radius 1 is 1.25 bits per heavy atom. The van der Waals surface area contributed by atoms with Gasteiger partial charge < -0.3 is 10.3 Å². The lowest BCUT2D eigenvalue weighted by atomic mass is 10.1. The van der Waals surface area contributed by atoms with Gasteiger partial charge in [0.1, 0.15) is 11.7 Å². The molecule has 3 rings (SSSR count). The molecule has 20 heavy (non-hydrogen) atoms. The van der Waals surface area contributed by atoms with Crippen LogP contribution >= 0.6 is 0 Å². The van der Waals surface area contributed by atoms with Crippen molar-refractivity contribution in [2.24, 2.45) is 0 Å². The summed E-state index contributed by atoms with van der Waals surface area (Å²) in [6, 6.07) is 8.61. The van der Waals surface area contributed by atoms with Crippen molar-refractivity contribution in [3.63, 3.8) is 0 Å². The summed E-state index contributed by atoms with van der Waals surface area (Å²) >= 11 is 0. The van der Waals surface area contributed by atoms with Gasteiger partial charge in [-0.05, 0) is 18.6 Å². The Morgan fingerprint density at radius 2 is 2.05 bits per heavy atom. The predicted octanol–water partition coefficient (Wildman–Crippen LogP) is 0.703. The van der Waals surface area contributed by atoms with Crippen LogP contribution in [0.2, 0.25) is 0 Å². The first kappa shape index (κ1) is 12.4. The number of piperidine rings is 1. The van der Waals surface area contributed by atoms with Crippen LogP contribution < -0.4 is 10.6 Å². The van der Waals surface area contributed by atoms with Crippen LogP contribution in [0.4, 0.5) is 0 Å². The van der Waals surface area contributed by atoms with Gasteiger partial charge in [-0.2, -0.15) is 0 Å². The van der Waals surface area contributed by atoms with Crippen LogP contribution in [-0.4, -0.2) is 28.7 Å². The van der Waals surface area contributed by atoms with Crippen molar-refractivity contribution in [3.05, 3.63) is 36.0 Å². The van der Waals surface area contributed by atoms with E-state index >= 15 is 0 Å². The van der Waals surface area contributed by atoms with E-state index in [9.17, 15) is 14.4 Å². The molecule has 1 aliphatic heterocycles. The molecule has 6 nitrogen and oxygen atoms in total. The van der Waals surface area contributed by atoms with Crippen molar-refractivity contribution in [2.45, 2.75) is 18.9 Å². The number of nitrogens with one attached hydrogen (secondary N) is 3. The summed E-state index contributed by atoms with van der Waals surface area (Å²) < 4.78 is 0. The Kier molecular flexibility index (Phi) is 2.98. The van der Waals surface area contributed by atoms with Gasteiger partial charge in [-0.15, -0.1) is 0 Å². The van der Waals surface area contributed by atoms with Gasteiger partial charge in [-0.3, -0.25) is 19.7 Å². The monoisotopic (exact) mass is 271 g/mol. The second-order valence-corrected chi connectivity index (χ2v) is 4.75. The number of carbonyl (C=O) groups excluding carboxylic acids is 3. The number of aromatic amines is 1. The molecule has 0 bridgehead atoms. The minimum atomic E-state index is -0.661. The molecule has 0 spiro atoms. The third-order valence-electron chi connectivity index (χ3n) is 3.32. The molecule has 1 saturated heterocycles. The largest absolute Gasteiger partial charge is 0.351 e. The van der Waals surface area contributed by atoms with Crippen molar-refractivity contribution in [1.29, 1.82) is 0 Å². The number of aromatic nitrogens is 1. The highest BCUT2D eigenvalue weighted by molar-refractivity contribution is 6.04. The molecule has 0 saturated carbocycles. The van der Waals surface area contributed by atoms with Crippen molar-refractivity contribution in [1.82, 2.24) is 15.6 Å². The third kappa shape index (κ3) is 2.27. The second-order valence-electron chi connectivity index (χ2n) is 4.75. The molecule has 0 aliphatic carbocycles. The molecular weight excluding hydrogens is 258 g/mol. The average Bonchev–Trinajstić information content (AvgIpc) is 2.86. The summed E-state index contributed by atoms with van der Waals surface area (Å²) in [6.45, 7) is 0. The van der Waals surface area contributed by atoms with Gasteiger partial charge in [0.15, 0.2) is 0 Å². The molecule has 2 aromatic rings. The fourth-order valence-corrected chi connectivity index (χ4v) is 2.26. The van der Waals surface area contributed by atoms with Crippen molar-refractivity contribution in [3.8, 4) is 0 Å². The second kappa shape index (κ2) is 4.80. The number of H-pyrrole nitrogens is 1. The summed E-state index contributed by atoms with van der Waals surface area (Å²) in [5.41, 5.74) is 1.26. The lowest BCUT2D eigenvalue weighted by Crippen LogP contribution is -2.52. The fraction of sp³-hybridized carbons (Fsp3) is 0.214. The maximum atomic E-state index is 12.1. The van der Waals surface area contributed by atoms with E-state index in [4.69, 9.17) is 0 Å². The third-order valence-corrected chi connectivity index (χ3v) is 3.32. The Balaban J connectivity index is 1.76. The van der Waals surface area contributed by atoms with Gasteiger partial charge in [0.2, 0.25) is 11.8 Å². The molecule has 2 heterocycles. The molecule has 3 N–H and O–H groups in total. The number of imide groups is 1. The van der Waals surface area contributed by atoms with E-state index in [2.05, 4.69) is 15.6 Å². The molecule has 3 amide bonds. The number of amides is 3. The number of para-hydroxylation sites is 1. The average molecular weight is 271 g/mol. The van der Waals surface area contributed by atoms with Crippen molar-refractivity contribution < 1.29 is 14.4 Å². The number of fused-ring (bicyclic) bond motifs is 1. The molecule has 102 valence electrons. The van der Waals surface area contributed by atoms with Gasteiger partial charge in [0.25, 0.3) is 5.91 Å². The zero-order valence-electron chi connectivity index (χ0n) is 10.6. The summed E-state index contributed by atoms with van der Waals surface area (Å²) in [4.78, 5) is 37.7. The van der Waals surface area contributed by atoms with Crippen LogP contribution in [0, 0.1) is 0 Å². The van der Waals surface area contributed by atoms with E-state index in [1.54, 1.807) is 6.07 Å². The standard InChI is InChI=1S/C14H13N3O3/c18-12-6-5-10(13(19)17-12)16-14(20)11-7-8-3-1-2-4-9(8)15-11/h1-4,7,10,15H,5-6H2,(H,16,20)(H,17,18,19). The molecule has 6 heteroatoms. The lowest BCUT2D eigenvalue weighted by Gasteiger charge is -2.21. The van der Waals surface area contributed by atoms with Crippen LogP contribution in [0.15, 0.2) is 30.3 Å². The Bertz CT molecular complexity index is 672. The normalized spacial score (nSPS) is 18.9. The molecule has 1 aromatic carbocycles. The van der Waals surface area contributed by atoms with Crippen molar-refractivity contribution in [2.75, 3.05) is 0 Å². The first-order chi connectivity index (χ1) is 9.63. The number of carbonyl (C=O) groups is 3. The molecular formula is C14H13N3O3. The van der Waals surface area contributed by atoms with Crippen LogP contribution in [0.25, 0.3) is 10.9 Å². The molecule has 1 aliphatic rings. The molecule has 1 aromatic heterocycles. The van der Waals surface area contributed by atoms with Crippen LogP contribution in [0.1, 0.15) is 23.3 Å². The van der Waals surface area contributed by atoms with E-state index in [0.717, 1.165) is 10.9 Å². The highest BCUT2D eigenvalue weighted by Gasteiger charge is 2.28. The Labute approximate surface area is 114 Å². The van der Waals surface area contributed by atoms with Crippen LogP contribution in [-0.2, 0) is 9.59 Å². The highest BCUT2D eigenvalue weighted by atomic mass is 16.2. The van der Waals surface area contributed by atoms with Crippen molar-refractivity contribution >= 4 is 28.6 Å². The van der Waals surface area contributed by atoms with Gasteiger partial charge in [0.05, 0.1) is 0 Å². The first-order valence-electron chi connectivity index (χ1n) is 6.36. The van der Waals surface area contributed by atoms with Crippen LogP contribution in [0.5, 0.6) is 0 Å². The summed E-state index contributed by atoms with van der Waals surface area (Å²) in [5.74, 6) is -1.10. The SMILES string of the molecule is O=C1CCC(NC(=O)c2cc3ccccc3[nH]2)C(=O)N1. The molecule has 1 atom stereocenters. The fourth-order valence-electron chi connectivity index (χ4n) is 2.26. The quantitative estimate of drug-likeness (QED) is 0.702. The predicted molar refractivity (Wildman–Crippen MR) is 71.9 cm³/mol.